The third-order valence-electron chi connectivity index (χ3n) is 11.3. The second-order valence-corrected chi connectivity index (χ2v) is 20.0. The van der Waals surface area contributed by atoms with E-state index in [1.165, 1.54) is 154 Å². The minimum atomic E-state index is -4.33. The first-order valence-corrected chi connectivity index (χ1v) is 27.0. The summed E-state index contributed by atoms with van der Waals surface area (Å²) in [4.78, 5) is 23.1. The fourth-order valence-corrected chi connectivity index (χ4v) is 7.96. The van der Waals surface area contributed by atoms with Crippen LogP contribution in [0.1, 0.15) is 226 Å². The topological polar surface area (TPSA) is 105 Å². The third kappa shape index (κ3) is 46.3. The minimum Gasteiger partial charge on any atom is -0.387 e. The number of nitrogens with one attached hydrogen (secondary N) is 1. The van der Waals surface area contributed by atoms with E-state index in [0.29, 0.717) is 17.4 Å². The van der Waals surface area contributed by atoms with E-state index in [9.17, 15) is 19.4 Å². The van der Waals surface area contributed by atoms with Crippen molar-refractivity contribution in [2.75, 3.05) is 40.9 Å². The smallest absolute Gasteiger partial charge is 0.387 e. The summed E-state index contributed by atoms with van der Waals surface area (Å²) in [5.41, 5.74) is 0. The first kappa shape index (κ1) is 59.5. The van der Waals surface area contributed by atoms with Gasteiger partial charge in [-0.25, -0.2) is 4.57 Å². The number of nitrogens with zero attached hydrogens (tertiary/aromatic N) is 1. The number of amides is 1. The highest BCUT2D eigenvalue weighted by atomic mass is 31.2. The second-order valence-electron chi connectivity index (χ2n) is 18.5. The Kier molecular flexibility index (Phi) is 42.6. The van der Waals surface area contributed by atoms with Crippen LogP contribution in [0.25, 0.3) is 0 Å². The first-order chi connectivity index (χ1) is 29.5. The number of phosphoric acid groups is 1. The van der Waals surface area contributed by atoms with Crippen LogP contribution < -0.4 is 5.32 Å². The Balaban J connectivity index is 3.98. The van der Waals surface area contributed by atoms with Crippen LogP contribution in [-0.4, -0.2) is 73.4 Å². The van der Waals surface area contributed by atoms with Crippen molar-refractivity contribution >= 4 is 13.7 Å². The third-order valence-corrected chi connectivity index (χ3v) is 12.3. The summed E-state index contributed by atoms with van der Waals surface area (Å²) in [5, 5.41) is 13.8. The Morgan fingerprint density at radius 1 is 0.557 bits per heavy atom. The molecule has 0 aliphatic rings. The van der Waals surface area contributed by atoms with Crippen molar-refractivity contribution in [1.29, 1.82) is 0 Å². The molecule has 0 aromatic rings. The quantitative estimate of drug-likeness (QED) is 0.0243. The van der Waals surface area contributed by atoms with Crippen molar-refractivity contribution in [3.63, 3.8) is 0 Å². The fraction of sp³-hybridized carbons (Fsp3) is 0.827. The highest BCUT2D eigenvalue weighted by molar-refractivity contribution is 7.47. The number of unbranched alkanes of at least 4 members (excludes halogenated alkanes) is 27. The van der Waals surface area contributed by atoms with Gasteiger partial charge in [-0.15, -0.1) is 0 Å². The lowest BCUT2D eigenvalue weighted by Gasteiger charge is -2.25. The van der Waals surface area contributed by atoms with Crippen LogP contribution in [0.4, 0.5) is 0 Å². The maximum absolute atomic E-state index is 12.9. The van der Waals surface area contributed by atoms with Crippen LogP contribution in [0.3, 0.4) is 0 Å². The summed E-state index contributed by atoms with van der Waals surface area (Å²) < 4.78 is 23.5. The first-order valence-electron chi connectivity index (χ1n) is 25.5. The van der Waals surface area contributed by atoms with Crippen molar-refractivity contribution in [2.45, 2.75) is 238 Å². The predicted molar refractivity (Wildman–Crippen MR) is 263 cm³/mol. The zero-order valence-corrected chi connectivity index (χ0v) is 41.5. The van der Waals surface area contributed by atoms with Gasteiger partial charge in [0.2, 0.25) is 5.91 Å². The lowest BCUT2D eigenvalue weighted by molar-refractivity contribution is -0.870. The number of hydrogen-bond donors (Lipinski definition) is 3. The molecule has 0 spiro atoms. The van der Waals surface area contributed by atoms with Gasteiger partial charge in [-0.2, -0.15) is 0 Å². The van der Waals surface area contributed by atoms with E-state index >= 15 is 0 Å². The molecule has 0 aromatic heterocycles. The normalized spacial score (nSPS) is 14.5. The Hall–Kier alpha value is -1.54. The van der Waals surface area contributed by atoms with Gasteiger partial charge in [0.15, 0.2) is 0 Å². The van der Waals surface area contributed by atoms with Crippen molar-refractivity contribution in [3.05, 3.63) is 48.6 Å². The SMILES string of the molecule is CCCCCCC/C=C\C/C=C\C/C=C\CCCCCCCCCCCCCCCCCCC(=O)NC(COP(=O)(O)OCC[N+](C)(C)C)C(O)/C=C/CCCCCCCC. The zero-order valence-electron chi connectivity index (χ0n) is 40.7. The van der Waals surface area contributed by atoms with Gasteiger partial charge in [0, 0.05) is 6.42 Å². The summed E-state index contributed by atoms with van der Waals surface area (Å²) in [6.45, 7) is 4.76. The molecule has 0 rings (SSSR count). The molecule has 3 N–H and O–H groups in total. The van der Waals surface area contributed by atoms with Gasteiger partial charge < -0.3 is 19.8 Å². The lowest BCUT2D eigenvalue weighted by atomic mass is 10.0. The predicted octanol–water partition coefficient (Wildman–Crippen LogP) is 14.8. The molecule has 0 aliphatic carbocycles. The van der Waals surface area contributed by atoms with Gasteiger partial charge in [-0.05, 0) is 57.8 Å². The van der Waals surface area contributed by atoms with Crippen LogP contribution in [-0.2, 0) is 18.4 Å². The van der Waals surface area contributed by atoms with Gasteiger partial charge in [-0.3, -0.25) is 13.8 Å². The van der Waals surface area contributed by atoms with Crippen LogP contribution >= 0.6 is 7.82 Å². The van der Waals surface area contributed by atoms with Gasteiger partial charge in [0.05, 0.1) is 39.9 Å². The molecule has 9 heteroatoms. The average Bonchev–Trinajstić information content (AvgIpc) is 3.21. The standard InChI is InChI=1S/C52H99N2O6P/c1-6-8-10-12-14-16-17-18-19-20-21-22-23-24-25-26-27-28-29-30-31-32-33-34-35-36-37-38-40-42-44-46-52(56)53-50(49-60-61(57,58)59-48-47-54(3,4)5)51(55)45-43-41-39-15-13-11-9-7-2/h17-18,20-21,23-24,43,45,50-51,55H,6-16,19,22,25-42,44,46-49H2,1-5H3,(H-,53,56,57,58)/p+1/b18-17-,21-20-,24-23-,45-43+. The van der Waals surface area contributed by atoms with Crippen LogP contribution in [0.5, 0.6) is 0 Å². The highest BCUT2D eigenvalue weighted by Gasteiger charge is 2.27. The molecule has 0 aromatic carbocycles. The number of quaternary nitrogens is 1. The molecular formula is C52H100N2O6P+. The molecule has 3 unspecified atom stereocenters. The van der Waals surface area contributed by atoms with E-state index in [4.69, 9.17) is 9.05 Å². The maximum Gasteiger partial charge on any atom is 0.472 e. The van der Waals surface area contributed by atoms with Crippen LogP contribution in [0.15, 0.2) is 48.6 Å². The van der Waals surface area contributed by atoms with E-state index in [1.54, 1.807) is 6.08 Å². The van der Waals surface area contributed by atoms with Gasteiger partial charge >= 0.3 is 7.82 Å². The monoisotopic (exact) mass is 880 g/mol. The van der Waals surface area contributed by atoms with Crippen molar-refractivity contribution < 1.29 is 32.9 Å². The Bertz CT molecular complexity index is 1130. The van der Waals surface area contributed by atoms with Gasteiger partial charge in [0.25, 0.3) is 0 Å². The molecule has 61 heavy (non-hydrogen) atoms. The maximum atomic E-state index is 12.9. The molecule has 0 heterocycles. The summed E-state index contributed by atoms with van der Waals surface area (Å²) >= 11 is 0. The molecular weight excluding hydrogens is 780 g/mol. The summed E-state index contributed by atoms with van der Waals surface area (Å²) in [5.74, 6) is -0.181. The number of rotatable bonds is 46. The molecule has 0 saturated carbocycles. The molecule has 0 bridgehead atoms. The largest absolute Gasteiger partial charge is 0.472 e. The molecule has 0 fully saturated rings. The highest BCUT2D eigenvalue weighted by Crippen LogP contribution is 2.43. The fourth-order valence-electron chi connectivity index (χ4n) is 7.22. The van der Waals surface area contributed by atoms with E-state index in [2.05, 4.69) is 55.6 Å². The van der Waals surface area contributed by atoms with Gasteiger partial charge in [-0.1, -0.05) is 210 Å². The minimum absolute atomic E-state index is 0.0609. The Labute approximate surface area is 378 Å². The lowest BCUT2D eigenvalue weighted by Crippen LogP contribution is -2.45. The number of aliphatic hydroxyl groups excluding tert-OH is 1. The van der Waals surface area contributed by atoms with Crippen molar-refractivity contribution in [1.82, 2.24) is 5.32 Å². The Morgan fingerprint density at radius 3 is 1.36 bits per heavy atom. The molecule has 1 amide bonds. The number of carbonyl (C=O) groups excluding carboxylic acids is 1. The van der Waals surface area contributed by atoms with E-state index in [0.717, 1.165) is 51.4 Å². The average molecular weight is 880 g/mol. The second kappa shape index (κ2) is 43.7. The van der Waals surface area contributed by atoms with Crippen LogP contribution in [0.2, 0.25) is 0 Å². The summed E-state index contributed by atoms with van der Waals surface area (Å²) in [6, 6.07) is -0.843. The number of phosphoric ester groups is 1. The van der Waals surface area contributed by atoms with Crippen molar-refractivity contribution in [2.24, 2.45) is 0 Å². The Morgan fingerprint density at radius 2 is 0.934 bits per heavy atom. The number of likely N-dealkylation sites (N-methyl/N-ethyl adjacent to an activating group) is 1. The van der Waals surface area contributed by atoms with Crippen molar-refractivity contribution in [3.8, 4) is 0 Å². The summed E-state index contributed by atoms with van der Waals surface area (Å²) in [6.07, 6.45) is 56.5. The number of hydrogen-bond acceptors (Lipinski definition) is 5. The molecule has 8 nitrogen and oxygen atoms in total. The molecule has 0 saturated heterocycles. The number of carbonyl (C=O) groups is 1. The summed E-state index contributed by atoms with van der Waals surface area (Å²) in [7, 11) is 1.57. The van der Waals surface area contributed by atoms with E-state index < -0.39 is 20.0 Å². The zero-order chi connectivity index (χ0) is 45.0. The van der Waals surface area contributed by atoms with Crippen LogP contribution in [0, 0.1) is 0 Å². The molecule has 0 radical (unpaired) electrons. The number of aliphatic hydroxyl groups is 1. The molecule has 0 aliphatic heterocycles. The number of allylic oxidation sites excluding steroid dienone is 7. The van der Waals surface area contributed by atoms with E-state index in [-0.39, 0.29) is 19.1 Å². The van der Waals surface area contributed by atoms with Gasteiger partial charge in [0.1, 0.15) is 13.2 Å². The molecule has 358 valence electrons. The molecule has 3 atom stereocenters. The van der Waals surface area contributed by atoms with E-state index in [1.807, 2.05) is 27.2 Å².